The van der Waals surface area contributed by atoms with Crippen molar-refractivity contribution in [2.24, 2.45) is 0 Å². The summed E-state index contributed by atoms with van der Waals surface area (Å²) < 4.78 is 6.53. The molecule has 9 aromatic carbocycles. The average Bonchev–Trinajstić information content (AvgIpc) is 3.77. The molecule has 0 spiro atoms. The van der Waals surface area contributed by atoms with Crippen LogP contribution in [0.1, 0.15) is 0 Å². The van der Waals surface area contributed by atoms with Crippen molar-refractivity contribution >= 4 is 32.6 Å². The minimum atomic E-state index is 0.590. The summed E-state index contributed by atoms with van der Waals surface area (Å²) in [7, 11) is 0. The number of nitrogens with zero attached hydrogens (tertiary/aromatic N) is 4. The quantitative estimate of drug-likeness (QED) is 0.162. The van der Waals surface area contributed by atoms with Crippen LogP contribution in [0.4, 0.5) is 0 Å². The molecule has 0 N–H and O–H groups in total. The number of rotatable bonds is 7. The number of aromatic nitrogens is 4. The van der Waals surface area contributed by atoms with Crippen LogP contribution < -0.4 is 0 Å². The minimum absolute atomic E-state index is 0.590. The van der Waals surface area contributed by atoms with E-state index in [1.807, 2.05) is 42.5 Å². The highest BCUT2D eigenvalue weighted by atomic mass is 16.3. The van der Waals surface area contributed by atoms with E-state index in [0.29, 0.717) is 23.4 Å². The molecule has 0 aliphatic heterocycles. The van der Waals surface area contributed by atoms with Gasteiger partial charge < -0.3 is 4.42 Å². The zero-order chi connectivity index (χ0) is 39.1. The third-order valence-electron chi connectivity index (χ3n) is 10.9. The minimum Gasteiger partial charge on any atom is -0.435 e. The van der Waals surface area contributed by atoms with Crippen LogP contribution >= 0.6 is 0 Å². The van der Waals surface area contributed by atoms with E-state index in [1.165, 1.54) is 10.8 Å². The maximum atomic E-state index is 6.53. The molecule has 5 nitrogen and oxygen atoms in total. The second-order valence-electron chi connectivity index (χ2n) is 14.7. The molecule has 11 rings (SSSR count). The van der Waals surface area contributed by atoms with Crippen LogP contribution in [0.3, 0.4) is 0 Å². The number of benzene rings is 9. The van der Waals surface area contributed by atoms with E-state index in [2.05, 4.69) is 164 Å². The van der Waals surface area contributed by atoms with Crippen molar-refractivity contribution in [2.75, 3.05) is 0 Å². The molecule has 5 heteroatoms. The van der Waals surface area contributed by atoms with Crippen molar-refractivity contribution in [3.05, 3.63) is 206 Å². The summed E-state index contributed by atoms with van der Waals surface area (Å²) in [5, 5.41) is 4.53. The van der Waals surface area contributed by atoms with Crippen molar-refractivity contribution in [1.82, 2.24) is 19.9 Å². The molecule has 276 valence electrons. The molecule has 2 heterocycles. The number of hydrogen-bond donors (Lipinski definition) is 0. The Morgan fingerprint density at radius 1 is 0.288 bits per heavy atom. The highest BCUT2D eigenvalue weighted by Gasteiger charge is 2.17. The van der Waals surface area contributed by atoms with Gasteiger partial charge in [-0.05, 0) is 85.9 Å². The van der Waals surface area contributed by atoms with Crippen molar-refractivity contribution < 1.29 is 4.42 Å². The van der Waals surface area contributed by atoms with Crippen molar-refractivity contribution in [3.63, 3.8) is 0 Å². The Hall–Kier alpha value is -8.02. The third-order valence-corrected chi connectivity index (χ3v) is 10.9. The zero-order valence-corrected chi connectivity index (χ0v) is 31.8. The maximum Gasteiger partial charge on any atom is 0.227 e. The lowest BCUT2D eigenvalue weighted by atomic mass is 9.96. The van der Waals surface area contributed by atoms with Crippen LogP contribution in [-0.4, -0.2) is 19.9 Å². The summed E-state index contributed by atoms with van der Waals surface area (Å²) in [5.41, 5.74) is 11.8. The lowest BCUT2D eigenvalue weighted by molar-refractivity contribution is 0.623. The highest BCUT2D eigenvalue weighted by molar-refractivity contribution is 6.11. The largest absolute Gasteiger partial charge is 0.435 e. The predicted molar refractivity (Wildman–Crippen MR) is 240 cm³/mol. The van der Waals surface area contributed by atoms with Gasteiger partial charge >= 0.3 is 0 Å². The van der Waals surface area contributed by atoms with E-state index < -0.39 is 0 Å². The molecule has 0 amide bonds. The summed E-state index contributed by atoms with van der Waals surface area (Å²) in [6.45, 7) is 0. The Balaban J connectivity index is 1.03. The van der Waals surface area contributed by atoms with Gasteiger partial charge in [-0.15, -0.1) is 0 Å². The van der Waals surface area contributed by atoms with Crippen LogP contribution in [0, 0.1) is 0 Å². The molecule has 59 heavy (non-hydrogen) atoms. The molecular weight excluding hydrogens is 721 g/mol. The summed E-state index contributed by atoms with van der Waals surface area (Å²) in [4.78, 5) is 20.3. The molecule has 0 saturated heterocycles. The first-order valence-corrected chi connectivity index (χ1v) is 19.7. The molecule has 0 unspecified atom stereocenters. The summed E-state index contributed by atoms with van der Waals surface area (Å²) in [5.74, 6) is 2.40. The van der Waals surface area contributed by atoms with E-state index in [9.17, 15) is 0 Å². The smallest absolute Gasteiger partial charge is 0.227 e. The van der Waals surface area contributed by atoms with Gasteiger partial charge in [-0.25, -0.2) is 19.9 Å². The highest BCUT2D eigenvalue weighted by Crippen LogP contribution is 2.38. The number of hydrogen-bond acceptors (Lipinski definition) is 5. The maximum absolute atomic E-state index is 6.53. The van der Waals surface area contributed by atoms with Gasteiger partial charge in [-0.2, -0.15) is 0 Å². The summed E-state index contributed by atoms with van der Waals surface area (Å²) in [6, 6.07) is 71.3. The molecule has 2 aromatic heterocycles. The molecule has 11 aromatic rings. The Labute approximate surface area is 341 Å². The monoisotopic (exact) mass is 754 g/mol. The van der Waals surface area contributed by atoms with Gasteiger partial charge in [0.25, 0.3) is 0 Å². The first kappa shape index (κ1) is 34.2. The second-order valence-corrected chi connectivity index (χ2v) is 14.7. The fourth-order valence-electron chi connectivity index (χ4n) is 7.94. The van der Waals surface area contributed by atoms with Gasteiger partial charge in [0, 0.05) is 27.6 Å². The predicted octanol–water partition coefficient (Wildman–Crippen LogP) is 14.0. The van der Waals surface area contributed by atoms with E-state index >= 15 is 0 Å². The normalized spacial score (nSPS) is 11.4. The van der Waals surface area contributed by atoms with Crippen LogP contribution in [0.2, 0.25) is 0 Å². The third kappa shape index (κ3) is 6.51. The fourth-order valence-corrected chi connectivity index (χ4v) is 7.94. The van der Waals surface area contributed by atoms with Crippen molar-refractivity contribution in [2.45, 2.75) is 0 Å². The Bertz CT molecular complexity index is 3320. The van der Waals surface area contributed by atoms with Crippen LogP contribution in [0.25, 0.3) is 112 Å². The molecule has 0 fully saturated rings. The first-order valence-electron chi connectivity index (χ1n) is 19.7. The van der Waals surface area contributed by atoms with Crippen molar-refractivity contribution in [1.29, 1.82) is 0 Å². The SMILES string of the molecule is c1ccc(-c2cccc(-c3nc(-c4ccc(-c5ccc6ccccc6c5)cc4)nc(-c4cccc(-c5cccc6ccc7nc(-c8ccccc8)oc7c56)c4)n3)c2)cc1. The topological polar surface area (TPSA) is 64.7 Å². The van der Waals surface area contributed by atoms with Crippen LogP contribution in [-0.2, 0) is 0 Å². The van der Waals surface area contributed by atoms with Gasteiger partial charge in [0.2, 0.25) is 5.89 Å². The molecule has 0 radical (unpaired) electrons. The van der Waals surface area contributed by atoms with Gasteiger partial charge in [-0.3, -0.25) is 0 Å². The molecule has 0 aliphatic rings. The Morgan fingerprint density at radius 2 is 0.780 bits per heavy atom. The number of oxazole rings is 1. The molecule has 0 saturated carbocycles. The zero-order valence-electron chi connectivity index (χ0n) is 31.8. The first-order chi connectivity index (χ1) is 29.2. The van der Waals surface area contributed by atoms with E-state index in [1.54, 1.807) is 0 Å². The van der Waals surface area contributed by atoms with Gasteiger partial charge in [0.15, 0.2) is 23.1 Å². The average molecular weight is 755 g/mol. The van der Waals surface area contributed by atoms with Gasteiger partial charge in [-0.1, -0.05) is 170 Å². The van der Waals surface area contributed by atoms with E-state index in [-0.39, 0.29) is 0 Å². The van der Waals surface area contributed by atoms with Crippen molar-refractivity contribution in [3.8, 4) is 79.0 Å². The summed E-state index contributed by atoms with van der Waals surface area (Å²) in [6.07, 6.45) is 0. The standard InChI is InChI=1S/C54H34N4O/c1-3-12-35(13-4-1)42-19-9-21-45(33-42)52-56-51(39-27-24-37(25-28-39)43-29-26-36-14-7-8-17-41(36)32-43)57-53(58-52)46-22-10-20-44(34-46)47-23-11-18-38-30-31-48-50(49(38)47)59-54(55-48)40-15-5-2-6-16-40/h1-34H. The fraction of sp³-hybridized carbons (Fsp3) is 0. The molecule has 0 bridgehead atoms. The van der Waals surface area contributed by atoms with Gasteiger partial charge in [0.05, 0.1) is 0 Å². The lowest BCUT2D eigenvalue weighted by Crippen LogP contribution is -2.00. The van der Waals surface area contributed by atoms with Crippen LogP contribution in [0.5, 0.6) is 0 Å². The molecule has 0 atom stereocenters. The van der Waals surface area contributed by atoms with E-state index in [0.717, 1.165) is 77.5 Å². The molecular formula is C54H34N4O. The lowest BCUT2D eigenvalue weighted by Gasteiger charge is -2.12. The van der Waals surface area contributed by atoms with Crippen LogP contribution in [0.15, 0.2) is 211 Å². The molecule has 0 aliphatic carbocycles. The van der Waals surface area contributed by atoms with E-state index in [4.69, 9.17) is 24.4 Å². The van der Waals surface area contributed by atoms with Gasteiger partial charge in [0.1, 0.15) is 5.52 Å². The Kier molecular flexibility index (Phi) is 8.41. The number of fused-ring (bicyclic) bond motifs is 4. The second kappa shape index (κ2) is 14.5. The Morgan fingerprint density at radius 3 is 1.53 bits per heavy atom. The summed E-state index contributed by atoms with van der Waals surface area (Å²) >= 11 is 0.